The van der Waals surface area contributed by atoms with Crippen LogP contribution >= 0.6 is 0 Å². The summed E-state index contributed by atoms with van der Waals surface area (Å²) < 4.78 is 5.80. The number of fused-ring (bicyclic) bond motifs is 1. The van der Waals surface area contributed by atoms with Crippen LogP contribution in [0.15, 0.2) is 49.4 Å². The Labute approximate surface area is 277 Å². The molecule has 47 heavy (non-hydrogen) atoms. The Kier molecular flexibility index (Phi) is 9.93. The highest BCUT2D eigenvalue weighted by atomic mass is 16.5. The third-order valence-corrected chi connectivity index (χ3v) is 9.48. The Morgan fingerprint density at radius 1 is 0.979 bits per heavy atom. The molecule has 1 amide bonds. The molecule has 4 heterocycles. The molecule has 4 aromatic rings. The summed E-state index contributed by atoms with van der Waals surface area (Å²) in [6.07, 6.45) is 10.4. The normalized spacial score (nSPS) is 16.3. The second-order valence-corrected chi connectivity index (χ2v) is 12.2. The summed E-state index contributed by atoms with van der Waals surface area (Å²) in [5.41, 5.74) is 6.75. The number of aryl methyl sites for hydroxylation is 2. The Bertz CT molecular complexity index is 1740. The molecule has 6 rings (SSSR count). The van der Waals surface area contributed by atoms with Crippen LogP contribution in [0.3, 0.4) is 0 Å². The lowest BCUT2D eigenvalue weighted by molar-refractivity contribution is 0.0518. The van der Waals surface area contributed by atoms with Crippen LogP contribution in [-0.2, 0) is 12.8 Å². The minimum absolute atomic E-state index is 0.0633. The topological polar surface area (TPSA) is 112 Å². The number of hydrogen-bond donors (Lipinski definition) is 2. The maximum absolute atomic E-state index is 13.8. The average Bonchev–Trinajstić information content (AvgIpc) is 3.11. The zero-order valence-electron chi connectivity index (χ0n) is 27.9. The number of likely N-dealkylation sites (N-methyl/N-ethyl adjacent to an activating group) is 1. The van der Waals surface area contributed by atoms with E-state index in [0.29, 0.717) is 41.2 Å². The number of methoxy groups -OCH3 is 1. The third-order valence-electron chi connectivity index (χ3n) is 9.48. The predicted octanol–water partition coefficient (Wildman–Crippen LogP) is 5.54. The number of likely N-dealkylation sites (tertiary alicyclic amines) is 1. The third kappa shape index (κ3) is 6.91. The number of anilines is 4. The lowest BCUT2D eigenvalue weighted by atomic mass is 9.98. The van der Waals surface area contributed by atoms with Gasteiger partial charge < -0.3 is 25.2 Å². The number of amides is 1. The largest absolute Gasteiger partial charge is 0.495 e. The van der Waals surface area contributed by atoms with Crippen molar-refractivity contribution in [3.8, 4) is 5.75 Å². The van der Waals surface area contributed by atoms with Gasteiger partial charge in [0, 0.05) is 86.3 Å². The van der Waals surface area contributed by atoms with Crippen molar-refractivity contribution < 1.29 is 9.53 Å². The predicted molar refractivity (Wildman–Crippen MR) is 188 cm³/mol. The smallest absolute Gasteiger partial charge is 0.254 e. The highest BCUT2D eigenvalue weighted by Gasteiger charge is 2.30. The summed E-state index contributed by atoms with van der Waals surface area (Å²) in [4.78, 5) is 39.2. The number of nitrogens with zero attached hydrogens (tertiary/aromatic N) is 7. The number of rotatable bonds is 10. The molecular weight excluding hydrogens is 590 g/mol. The van der Waals surface area contributed by atoms with E-state index in [-0.39, 0.29) is 5.91 Å². The van der Waals surface area contributed by atoms with E-state index in [9.17, 15) is 4.79 Å². The van der Waals surface area contributed by atoms with Gasteiger partial charge in [-0.05, 0) is 62.6 Å². The van der Waals surface area contributed by atoms with Gasteiger partial charge in [-0.1, -0.05) is 26.5 Å². The molecule has 0 atom stereocenters. The fraction of sp³-hybridized carbons (Fsp3) is 0.417. The number of ether oxygens (including phenoxy) is 1. The van der Waals surface area contributed by atoms with E-state index in [0.717, 1.165) is 91.9 Å². The van der Waals surface area contributed by atoms with Crippen LogP contribution < -0.4 is 15.4 Å². The van der Waals surface area contributed by atoms with Gasteiger partial charge in [-0.2, -0.15) is 4.98 Å². The number of piperazine rings is 1. The SMILES string of the molecule is C=Cc1cnc(Nc2cc(CC)c(C(=O)N3CCC(N4CCN(C)CC4)CC3)cc2OC)nc1Nc1ccc2nccnc2c1CC. The maximum atomic E-state index is 13.8. The molecule has 2 N–H and O–H groups in total. The van der Waals surface area contributed by atoms with Gasteiger partial charge in [-0.3, -0.25) is 19.7 Å². The molecular formula is C36H45N9O2. The number of nitrogens with one attached hydrogen (secondary N) is 2. The summed E-state index contributed by atoms with van der Waals surface area (Å²) >= 11 is 0. The van der Waals surface area contributed by atoms with Gasteiger partial charge in [0.05, 0.1) is 23.8 Å². The van der Waals surface area contributed by atoms with Crippen molar-refractivity contribution in [3.05, 3.63) is 71.7 Å². The van der Waals surface area contributed by atoms with E-state index >= 15 is 0 Å². The standard InChI is InChI=1S/C36H45N9O2/c1-6-24-21-31(32(47-5)22-28(24)35(46)45-15-11-26(12-16-45)44-19-17-43(4)18-20-44)41-36-39-23-25(7-2)34(42-36)40-29-9-10-30-33(27(29)8-3)38-14-13-37-30/h7,9-10,13-14,21-23,26H,2,6,8,11-12,15-20H2,1,3-5H3,(H2,39,40,41,42). The Balaban J connectivity index is 1.21. The first-order chi connectivity index (χ1) is 22.9. The van der Waals surface area contributed by atoms with Gasteiger partial charge in [-0.15, -0.1) is 0 Å². The minimum Gasteiger partial charge on any atom is -0.495 e. The fourth-order valence-electron chi connectivity index (χ4n) is 6.69. The number of piperidine rings is 1. The first-order valence-corrected chi connectivity index (χ1v) is 16.6. The zero-order chi connectivity index (χ0) is 32.9. The van der Waals surface area contributed by atoms with Crippen molar-refractivity contribution >= 4 is 46.2 Å². The minimum atomic E-state index is 0.0633. The molecule has 0 saturated carbocycles. The van der Waals surface area contributed by atoms with Gasteiger partial charge in [0.2, 0.25) is 5.95 Å². The molecule has 2 fully saturated rings. The van der Waals surface area contributed by atoms with Crippen LogP contribution in [0.2, 0.25) is 0 Å². The van der Waals surface area contributed by atoms with Crippen molar-refractivity contribution in [2.75, 3.05) is 64.1 Å². The van der Waals surface area contributed by atoms with Crippen molar-refractivity contribution in [1.82, 2.24) is 34.6 Å². The van der Waals surface area contributed by atoms with Crippen LogP contribution in [0.25, 0.3) is 17.1 Å². The second kappa shape index (κ2) is 14.4. The summed E-state index contributed by atoms with van der Waals surface area (Å²) in [5.74, 6) is 1.62. The molecule has 2 aliphatic rings. The van der Waals surface area contributed by atoms with Gasteiger partial charge >= 0.3 is 0 Å². The van der Waals surface area contributed by atoms with Crippen LogP contribution in [-0.4, -0.2) is 100 Å². The van der Waals surface area contributed by atoms with Crippen LogP contribution in [0.4, 0.5) is 23.1 Å². The number of hydrogen-bond acceptors (Lipinski definition) is 10. The molecule has 0 radical (unpaired) electrons. The lowest BCUT2D eigenvalue weighted by Crippen LogP contribution is -2.53. The van der Waals surface area contributed by atoms with E-state index in [2.05, 4.69) is 62.9 Å². The number of aromatic nitrogens is 4. The molecule has 11 nitrogen and oxygen atoms in total. The lowest BCUT2D eigenvalue weighted by Gasteiger charge is -2.42. The first-order valence-electron chi connectivity index (χ1n) is 16.6. The van der Waals surface area contributed by atoms with Crippen molar-refractivity contribution in [2.45, 2.75) is 45.6 Å². The monoisotopic (exact) mass is 635 g/mol. The van der Waals surface area contributed by atoms with Crippen molar-refractivity contribution in [2.24, 2.45) is 0 Å². The fourth-order valence-corrected chi connectivity index (χ4v) is 6.69. The van der Waals surface area contributed by atoms with Crippen LogP contribution in [0, 0.1) is 0 Å². The van der Waals surface area contributed by atoms with Crippen molar-refractivity contribution in [3.63, 3.8) is 0 Å². The van der Waals surface area contributed by atoms with E-state index in [1.54, 1.807) is 31.8 Å². The number of carbonyl (C=O) groups is 1. The van der Waals surface area contributed by atoms with Crippen LogP contribution in [0.1, 0.15) is 53.7 Å². The maximum Gasteiger partial charge on any atom is 0.254 e. The Morgan fingerprint density at radius 3 is 2.45 bits per heavy atom. The summed E-state index contributed by atoms with van der Waals surface area (Å²) in [6, 6.07) is 8.34. The molecule has 11 heteroatoms. The first kappa shape index (κ1) is 32.3. The molecule has 2 aromatic heterocycles. The molecule has 0 spiro atoms. The quantitative estimate of drug-likeness (QED) is 0.231. The molecule has 0 bridgehead atoms. The van der Waals surface area contributed by atoms with E-state index in [4.69, 9.17) is 9.72 Å². The molecule has 0 aliphatic carbocycles. The van der Waals surface area contributed by atoms with E-state index < -0.39 is 0 Å². The Hall–Kier alpha value is -4.61. The van der Waals surface area contributed by atoms with Gasteiger partial charge in [0.1, 0.15) is 11.6 Å². The van der Waals surface area contributed by atoms with Gasteiger partial charge in [0.15, 0.2) is 0 Å². The van der Waals surface area contributed by atoms with Gasteiger partial charge in [0.25, 0.3) is 5.91 Å². The average molecular weight is 636 g/mol. The van der Waals surface area contributed by atoms with Gasteiger partial charge in [-0.25, -0.2) is 4.98 Å². The zero-order valence-corrected chi connectivity index (χ0v) is 27.9. The Morgan fingerprint density at radius 2 is 1.74 bits per heavy atom. The molecule has 2 aliphatic heterocycles. The highest BCUT2D eigenvalue weighted by Crippen LogP contribution is 2.34. The number of carbonyl (C=O) groups excluding carboxylic acids is 1. The van der Waals surface area contributed by atoms with Crippen molar-refractivity contribution in [1.29, 1.82) is 0 Å². The summed E-state index contributed by atoms with van der Waals surface area (Å²) in [5, 5.41) is 6.83. The summed E-state index contributed by atoms with van der Waals surface area (Å²) in [6.45, 7) is 14.1. The van der Waals surface area contributed by atoms with Crippen LogP contribution in [0.5, 0.6) is 5.75 Å². The molecule has 2 aromatic carbocycles. The molecule has 2 saturated heterocycles. The van der Waals surface area contributed by atoms with E-state index in [1.165, 1.54) is 0 Å². The molecule has 0 unspecified atom stereocenters. The second-order valence-electron chi connectivity index (χ2n) is 12.2. The molecule has 246 valence electrons. The van der Waals surface area contributed by atoms with E-state index in [1.807, 2.05) is 29.2 Å². The highest BCUT2D eigenvalue weighted by molar-refractivity contribution is 5.97. The summed E-state index contributed by atoms with van der Waals surface area (Å²) in [7, 11) is 3.80. The number of benzene rings is 2.